The lowest BCUT2D eigenvalue weighted by molar-refractivity contribution is 0.415. The summed E-state index contributed by atoms with van der Waals surface area (Å²) in [6.45, 7) is 0. The van der Waals surface area contributed by atoms with Crippen LogP contribution in [0.2, 0.25) is 0 Å². The van der Waals surface area contributed by atoms with Crippen LogP contribution in [0.25, 0.3) is 22.6 Å². The van der Waals surface area contributed by atoms with E-state index in [-0.39, 0.29) is 5.82 Å². The van der Waals surface area contributed by atoms with Crippen molar-refractivity contribution in [3.05, 3.63) is 54.5 Å². The van der Waals surface area contributed by atoms with E-state index in [9.17, 15) is 4.39 Å². The number of imidazole rings is 1. The minimum Gasteiger partial charge on any atom is -0.497 e. The topological polar surface area (TPSA) is 63.9 Å². The number of methoxy groups -OCH3 is 1. The highest BCUT2D eigenvalue weighted by Gasteiger charge is 2.09. The van der Waals surface area contributed by atoms with Gasteiger partial charge in [-0.15, -0.1) is 0 Å². The molecule has 0 aliphatic heterocycles. The molecule has 0 radical (unpaired) electrons. The van der Waals surface area contributed by atoms with Gasteiger partial charge in [-0.25, -0.2) is 9.37 Å². The summed E-state index contributed by atoms with van der Waals surface area (Å²) in [4.78, 5) is 7.52. The minimum absolute atomic E-state index is 0.266. The van der Waals surface area contributed by atoms with Gasteiger partial charge in [0.05, 0.1) is 19.0 Å². The highest BCUT2D eigenvalue weighted by atomic mass is 19.1. The van der Waals surface area contributed by atoms with Crippen LogP contribution in [-0.4, -0.2) is 17.1 Å². The third-order valence-corrected chi connectivity index (χ3v) is 3.24. The molecule has 0 amide bonds. The summed E-state index contributed by atoms with van der Waals surface area (Å²) < 4.78 is 18.1. The van der Waals surface area contributed by atoms with Crippen LogP contribution in [0.5, 0.6) is 5.75 Å². The number of halogens is 1. The van der Waals surface area contributed by atoms with Crippen LogP contribution in [0.3, 0.4) is 0 Å². The molecule has 21 heavy (non-hydrogen) atoms. The van der Waals surface area contributed by atoms with Crippen LogP contribution in [0.15, 0.2) is 48.7 Å². The van der Waals surface area contributed by atoms with Crippen molar-refractivity contribution in [2.24, 2.45) is 0 Å². The average Bonchev–Trinajstić information content (AvgIpc) is 2.97. The first-order chi connectivity index (χ1) is 10.2. The Labute approximate surface area is 121 Å². The fourth-order valence-corrected chi connectivity index (χ4v) is 2.12. The maximum absolute atomic E-state index is 12.9. The van der Waals surface area contributed by atoms with Gasteiger partial charge in [-0.2, -0.15) is 0 Å². The second-order valence-electron chi connectivity index (χ2n) is 4.61. The number of hydrogen-bond acceptors (Lipinski definition) is 3. The zero-order valence-electron chi connectivity index (χ0n) is 11.4. The fraction of sp³-hybridized carbons (Fsp3) is 0.0625. The summed E-state index contributed by atoms with van der Waals surface area (Å²) in [5.41, 5.74) is 9.05. The van der Waals surface area contributed by atoms with Crippen molar-refractivity contribution in [2.45, 2.75) is 0 Å². The highest BCUT2D eigenvalue weighted by Crippen LogP contribution is 2.29. The van der Waals surface area contributed by atoms with E-state index in [2.05, 4.69) is 9.97 Å². The zero-order valence-corrected chi connectivity index (χ0v) is 11.4. The Bertz CT molecular complexity index is 765. The van der Waals surface area contributed by atoms with Crippen molar-refractivity contribution in [1.82, 2.24) is 9.97 Å². The number of nitrogens with zero attached hydrogens (tertiary/aromatic N) is 1. The SMILES string of the molecule is COc1ccc(-c2ncc(-c3ccc(F)cc3)[nH]2)c(N)c1. The minimum atomic E-state index is -0.266. The number of benzene rings is 2. The molecule has 1 aromatic heterocycles. The fourth-order valence-electron chi connectivity index (χ4n) is 2.12. The van der Waals surface area contributed by atoms with Crippen LogP contribution in [0.1, 0.15) is 0 Å². The standard InChI is InChI=1S/C16H14FN3O/c1-21-12-6-7-13(14(18)8-12)16-19-9-15(20-16)10-2-4-11(17)5-3-10/h2-9H,18H2,1H3,(H,19,20). The zero-order chi connectivity index (χ0) is 14.8. The number of rotatable bonds is 3. The Morgan fingerprint density at radius 1 is 1.14 bits per heavy atom. The summed E-state index contributed by atoms with van der Waals surface area (Å²) >= 11 is 0. The number of anilines is 1. The van der Waals surface area contributed by atoms with E-state index in [4.69, 9.17) is 10.5 Å². The third-order valence-electron chi connectivity index (χ3n) is 3.24. The second-order valence-corrected chi connectivity index (χ2v) is 4.61. The number of nitrogens with one attached hydrogen (secondary N) is 1. The quantitative estimate of drug-likeness (QED) is 0.723. The molecule has 3 N–H and O–H groups in total. The van der Waals surface area contributed by atoms with Gasteiger partial charge in [0.2, 0.25) is 0 Å². The first-order valence-electron chi connectivity index (χ1n) is 6.42. The molecule has 0 fully saturated rings. The Kier molecular flexibility index (Phi) is 3.31. The Morgan fingerprint density at radius 2 is 1.90 bits per heavy atom. The molecule has 2 aromatic carbocycles. The molecule has 0 bridgehead atoms. The lowest BCUT2D eigenvalue weighted by Crippen LogP contribution is -1.93. The molecule has 5 heteroatoms. The van der Waals surface area contributed by atoms with E-state index in [1.54, 1.807) is 31.5 Å². The molecule has 0 unspecified atom stereocenters. The van der Waals surface area contributed by atoms with Gasteiger partial charge in [0.25, 0.3) is 0 Å². The summed E-state index contributed by atoms with van der Waals surface area (Å²) in [5.74, 6) is 1.09. The number of hydrogen-bond donors (Lipinski definition) is 2. The van der Waals surface area contributed by atoms with Crippen LogP contribution in [-0.2, 0) is 0 Å². The second kappa shape index (κ2) is 5.28. The summed E-state index contributed by atoms with van der Waals surface area (Å²) in [7, 11) is 1.59. The predicted octanol–water partition coefficient (Wildman–Crippen LogP) is 3.47. The van der Waals surface area contributed by atoms with Gasteiger partial charge in [-0.3, -0.25) is 0 Å². The summed E-state index contributed by atoms with van der Waals surface area (Å²) in [6, 6.07) is 11.6. The van der Waals surface area contributed by atoms with Crippen molar-refractivity contribution in [1.29, 1.82) is 0 Å². The van der Waals surface area contributed by atoms with E-state index in [0.29, 0.717) is 17.3 Å². The first kappa shape index (κ1) is 13.2. The van der Waals surface area contributed by atoms with Crippen LogP contribution < -0.4 is 10.5 Å². The molecule has 4 nitrogen and oxygen atoms in total. The molecule has 106 valence electrons. The largest absolute Gasteiger partial charge is 0.497 e. The van der Waals surface area contributed by atoms with Gasteiger partial charge >= 0.3 is 0 Å². The van der Waals surface area contributed by atoms with Crippen molar-refractivity contribution in [3.63, 3.8) is 0 Å². The van der Waals surface area contributed by atoms with Crippen LogP contribution in [0, 0.1) is 5.82 Å². The first-order valence-corrected chi connectivity index (χ1v) is 6.42. The number of ether oxygens (including phenoxy) is 1. The molecule has 0 spiro atoms. The molecule has 0 saturated heterocycles. The number of aromatic nitrogens is 2. The number of nitrogens with two attached hydrogens (primary N) is 1. The lowest BCUT2D eigenvalue weighted by atomic mass is 10.1. The molecule has 3 rings (SSSR count). The smallest absolute Gasteiger partial charge is 0.139 e. The number of nitrogen functional groups attached to an aromatic ring is 1. The molecule has 0 atom stereocenters. The average molecular weight is 283 g/mol. The van der Waals surface area contributed by atoms with E-state index in [1.165, 1.54) is 12.1 Å². The van der Waals surface area contributed by atoms with E-state index >= 15 is 0 Å². The highest BCUT2D eigenvalue weighted by molar-refractivity contribution is 5.74. The summed E-state index contributed by atoms with van der Waals surface area (Å²) in [5, 5.41) is 0. The molecule has 0 aliphatic rings. The Hall–Kier alpha value is -2.82. The van der Waals surface area contributed by atoms with Crippen molar-refractivity contribution < 1.29 is 9.13 Å². The monoisotopic (exact) mass is 283 g/mol. The number of aromatic amines is 1. The molecular weight excluding hydrogens is 269 g/mol. The van der Waals surface area contributed by atoms with Crippen molar-refractivity contribution in [3.8, 4) is 28.4 Å². The molecule has 0 saturated carbocycles. The van der Waals surface area contributed by atoms with Crippen LogP contribution in [0.4, 0.5) is 10.1 Å². The van der Waals surface area contributed by atoms with Gasteiger partial charge < -0.3 is 15.5 Å². The van der Waals surface area contributed by atoms with Gasteiger partial charge in [0, 0.05) is 17.3 Å². The predicted molar refractivity (Wildman–Crippen MR) is 80.4 cm³/mol. The van der Waals surface area contributed by atoms with Gasteiger partial charge in [-0.05, 0) is 42.0 Å². The van der Waals surface area contributed by atoms with E-state index in [1.807, 2.05) is 12.1 Å². The molecular formula is C16H14FN3O. The van der Waals surface area contributed by atoms with Crippen LogP contribution >= 0.6 is 0 Å². The molecule has 0 aliphatic carbocycles. The molecule has 3 aromatic rings. The normalized spacial score (nSPS) is 10.6. The maximum Gasteiger partial charge on any atom is 0.139 e. The maximum atomic E-state index is 12.9. The Balaban J connectivity index is 1.96. The lowest BCUT2D eigenvalue weighted by Gasteiger charge is -2.05. The molecule has 1 heterocycles. The number of H-pyrrole nitrogens is 1. The van der Waals surface area contributed by atoms with Gasteiger partial charge in [0.1, 0.15) is 17.4 Å². The summed E-state index contributed by atoms with van der Waals surface area (Å²) in [6.07, 6.45) is 1.70. The third kappa shape index (κ3) is 2.58. The van der Waals surface area contributed by atoms with E-state index in [0.717, 1.165) is 16.8 Å². The van der Waals surface area contributed by atoms with Crippen molar-refractivity contribution in [2.75, 3.05) is 12.8 Å². The van der Waals surface area contributed by atoms with Crippen molar-refractivity contribution >= 4 is 5.69 Å². The van der Waals surface area contributed by atoms with Gasteiger partial charge in [-0.1, -0.05) is 0 Å². The Morgan fingerprint density at radius 3 is 2.57 bits per heavy atom. The van der Waals surface area contributed by atoms with Gasteiger partial charge in [0.15, 0.2) is 0 Å². The van der Waals surface area contributed by atoms with E-state index < -0.39 is 0 Å².